The number of aromatic nitrogens is 2. The van der Waals surface area contributed by atoms with E-state index in [0.29, 0.717) is 10.8 Å². The van der Waals surface area contributed by atoms with E-state index in [2.05, 4.69) is 14.7 Å². The summed E-state index contributed by atoms with van der Waals surface area (Å²) < 4.78 is 3.99. The Labute approximate surface area is 104 Å². The summed E-state index contributed by atoms with van der Waals surface area (Å²) in [5, 5.41) is 3.30. The number of rotatable bonds is 3. The molecule has 5 heteroatoms. The highest BCUT2D eigenvalue weighted by molar-refractivity contribution is 7.07. The van der Waals surface area contributed by atoms with Crippen molar-refractivity contribution in [1.82, 2.24) is 14.7 Å². The molecule has 0 saturated heterocycles. The third-order valence-corrected chi connectivity index (χ3v) is 3.17. The normalized spacial score (nSPS) is 12.1. The molecule has 1 atom stereocenters. The van der Waals surface area contributed by atoms with Gasteiger partial charge in [-0.3, -0.25) is 4.79 Å². The maximum Gasteiger partial charge on any atom is 0.282 e. The van der Waals surface area contributed by atoms with Crippen molar-refractivity contribution < 1.29 is 4.79 Å². The summed E-state index contributed by atoms with van der Waals surface area (Å²) in [6.45, 7) is 3.72. The SMILES string of the molecule is Cc1nsc(C(=O)NC(C)c2ccccc2)n1. The minimum Gasteiger partial charge on any atom is -0.343 e. The van der Waals surface area contributed by atoms with Crippen LogP contribution in [0.1, 0.15) is 34.2 Å². The molecule has 1 unspecified atom stereocenters. The molecule has 0 spiro atoms. The van der Waals surface area contributed by atoms with Gasteiger partial charge in [-0.2, -0.15) is 4.37 Å². The first-order valence-corrected chi connectivity index (χ1v) is 6.10. The van der Waals surface area contributed by atoms with Gasteiger partial charge >= 0.3 is 0 Å². The Morgan fingerprint density at radius 2 is 2.06 bits per heavy atom. The summed E-state index contributed by atoms with van der Waals surface area (Å²) in [5.74, 6) is 0.458. The Bertz CT molecular complexity index is 509. The average molecular weight is 247 g/mol. The number of amides is 1. The Morgan fingerprint density at radius 3 is 2.65 bits per heavy atom. The zero-order valence-corrected chi connectivity index (χ0v) is 10.5. The van der Waals surface area contributed by atoms with Crippen LogP contribution in [-0.4, -0.2) is 15.3 Å². The first-order chi connectivity index (χ1) is 8.16. The van der Waals surface area contributed by atoms with Crippen LogP contribution in [0.25, 0.3) is 0 Å². The highest BCUT2D eigenvalue weighted by Gasteiger charge is 2.14. The zero-order chi connectivity index (χ0) is 12.3. The number of nitrogens with zero attached hydrogens (tertiary/aromatic N) is 2. The monoisotopic (exact) mass is 247 g/mol. The van der Waals surface area contributed by atoms with E-state index >= 15 is 0 Å². The molecule has 17 heavy (non-hydrogen) atoms. The lowest BCUT2D eigenvalue weighted by Gasteiger charge is -2.12. The summed E-state index contributed by atoms with van der Waals surface area (Å²) in [4.78, 5) is 15.9. The number of nitrogens with one attached hydrogen (secondary N) is 1. The van der Waals surface area contributed by atoms with Crippen molar-refractivity contribution in [3.8, 4) is 0 Å². The smallest absolute Gasteiger partial charge is 0.282 e. The molecule has 4 nitrogen and oxygen atoms in total. The van der Waals surface area contributed by atoms with Gasteiger partial charge in [-0.05, 0) is 30.9 Å². The molecule has 0 bridgehead atoms. The maximum absolute atomic E-state index is 11.8. The lowest BCUT2D eigenvalue weighted by molar-refractivity contribution is 0.0939. The Balaban J connectivity index is 2.04. The van der Waals surface area contributed by atoms with Crippen molar-refractivity contribution in [1.29, 1.82) is 0 Å². The van der Waals surface area contributed by atoms with Crippen LogP contribution in [0, 0.1) is 6.92 Å². The number of hydrogen-bond donors (Lipinski definition) is 1. The quantitative estimate of drug-likeness (QED) is 0.905. The molecule has 0 aliphatic rings. The maximum atomic E-state index is 11.8. The Hall–Kier alpha value is -1.75. The molecule has 2 rings (SSSR count). The molecule has 0 saturated carbocycles. The fourth-order valence-electron chi connectivity index (χ4n) is 1.47. The second-order valence-corrected chi connectivity index (χ2v) is 4.50. The molecule has 1 aromatic carbocycles. The van der Waals surface area contributed by atoms with Crippen LogP contribution in [0.5, 0.6) is 0 Å². The summed E-state index contributed by atoms with van der Waals surface area (Å²) in [5.41, 5.74) is 1.07. The van der Waals surface area contributed by atoms with E-state index in [-0.39, 0.29) is 11.9 Å². The van der Waals surface area contributed by atoms with E-state index in [1.165, 1.54) is 0 Å². The van der Waals surface area contributed by atoms with Gasteiger partial charge in [0, 0.05) is 0 Å². The van der Waals surface area contributed by atoms with Crippen LogP contribution in [0.15, 0.2) is 30.3 Å². The van der Waals surface area contributed by atoms with Crippen LogP contribution in [-0.2, 0) is 0 Å². The van der Waals surface area contributed by atoms with Crippen molar-refractivity contribution in [2.24, 2.45) is 0 Å². The zero-order valence-electron chi connectivity index (χ0n) is 9.68. The minimum absolute atomic E-state index is 0.0343. The molecule has 0 aliphatic heterocycles. The van der Waals surface area contributed by atoms with Gasteiger partial charge in [0.2, 0.25) is 5.01 Å². The van der Waals surface area contributed by atoms with Crippen molar-refractivity contribution in [3.05, 3.63) is 46.7 Å². The first-order valence-electron chi connectivity index (χ1n) is 5.33. The molecule has 1 aromatic heterocycles. The summed E-state index contributed by atoms with van der Waals surface area (Å²) >= 11 is 1.12. The van der Waals surface area contributed by atoms with Gasteiger partial charge in [-0.15, -0.1) is 0 Å². The van der Waals surface area contributed by atoms with Crippen LogP contribution in [0.3, 0.4) is 0 Å². The van der Waals surface area contributed by atoms with E-state index in [9.17, 15) is 4.79 Å². The third-order valence-electron chi connectivity index (χ3n) is 2.37. The largest absolute Gasteiger partial charge is 0.343 e. The minimum atomic E-state index is -0.174. The molecular weight excluding hydrogens is 234 g/mol. The van der Waals surface area contributed by atoms with Gasteiger partial charge in [0.25, 0.3) is 5.91 Å². The van der Waals surface area contributed by atoms with Gasteiger partial charge in [-0.1, -0.05) is 30.3 Å². The molecule has 0 radical (unpaired) electrons. The van der Waals surface area contributed by atoms with Gasteiger partial charge in [0.15, 0.2) is 0 Å². The van der Waals surface area contributed by atoms with E-state index < -0.39 is 0 Å². The predicted octanol–water partition coefficient (Wildman–Crippen LogP) is 2.34. The van der Waals surface area contributed by atoms with Crippen molar-refractivity contribution in [2.45, 2.75) is 19.9 Å². The van der Waals surface area contributed by atoms with E-state index in [4.69, 9.17) is 0 Å². The summed E-state index contributed by atoms with van der Waals surface area (Å²) in [7, 11) is 0. The fourth-order valence-corrected chi connectivity index (χ4v) is 2.05. The van der Waals surface area contributed by atoms with Gasteiger partial charge < -0.3 is 5.32 Å². The van der Waals surface area contributed by atoms with E-state index in [0.717, 1.165) is 17.1 Å². The van der Waals surface area contributed by atoms with Gasteiger partial charge in [-0.25, -0.2) is 4.98 Å². The molecule has 1 heterocycles. The second kappa shape index (κ2) is 5.05. The molecule has 0 aliphatic carbocycles. The third kappa shape index (κ3) is 2.88. The topological polar surface area (TPSA) is 54.9 Å². The van der Waals surface area contributed by atoms with Gasteiger partial charge in [0.05, 0.1) is 6.04 Å². The van der Waals surface area contributed by atoms with E-state index in [1.807, 2.05) is 37.3 Å². The van der Waals surface area contributed by atoms with Crippen LogP contribution < -0.4 is 5.32 Å². The summed E-state index contributed by atoms with van der Waals surface area (Å²) in [6, 6.07) is 9.78. The highest BCUT2D eigenvalue weighted by atomic mass is 32.1. The molecule has 88 valence electrons. The number of carbonyl (C=O) groups is 1. The van der Waals surface area contributed by atoms with Crippen LogP contribution in [0.4, 0.5) is 0 Å². The van der Waals surface area contributed by atoms with Gasteiger partial charge in [0.1, 0.15) is 5.82 Å². The number of aryl methyl sites for hydroxylation is 1. The fraction of sp³-hybridized carbons (Fsp3) is 0.250. The first kappa shape index (κ1) is 11.7. The Kier molecular flexibility index (Phi) is 3.49. The molecule has 1 amide bonds. The lowest BCUT2D eigenvalue weighted by atomic mass is 10.1. The van der Waals surface area contributed by atoms with Crippen LogP contribution >= 0.6 is 11.5 Å². The predicted molar refractivity (Wildman–Crippen MR) is 67.0 cm³/mol. The summed E-state index contributed by atoms with van der Waals surface area (Å²) in [6.07, 6.45) is 0. The molecular formula is C12H13N3OS. The number of carbonyl (C=O) groups excluding carboxylic acids is 1. The number of hydrogen-bond acceptors (Lipinski definition) is 4. The molecule has 2 aromatic rings. The highest BCUT2D eigenvalue weighted by Crippen LogP contribution is 2.12. The molecule has 0 fully saturated rings. The lowest BCUT2D eigenvalue weighted by Crippen LogP contribution is -2.26. The molecule has 1 N–H and O–H groups in total. The second-order valence-electron chi connectivity index (χ2n) is 3.75. The average Bonchev–Trinajstić information content (AvgIpc) is 2.77. The van der Waals surface area contributed by atoms with Crippen molar-refractivity contribution in [2.75, 3.05) is 0 Å². The van der Waals surface area contributed by atoms with Crippen molar-refractivity contribution >= 4 is 17.4 Å². The Morgan fingerprint density at radius 1 is 1.35 bits per heavy atom. The number of benzene rings is 1. The van der Waals surface area contributed by atoms with Crippen molar-refractivity contribution in [3.63, 3.8) is 0 Å². The standard InChI is InChI=1S/C12H13N3OS/c1-8(10-6-4-3-5-7-10)13-11(16)12-14-9(2)15-17-12/h3-8H,1-2H3,(H,13,16). The van der Waals surface area contributed by atoms with Crippen LogP contribution in [0.2, 0.25) is 0 Å². The van der Waals surface area contributed by atoms with E-state index in [1.54, 1.807) is 6.92 Å².